The zero-order valence-corrected chi connectivity index (χ0v) is 21.3. The van der Waals surface area contributed by atoms with Crippen LogP contribution in [0.25, 0.3) is 0 Å². The Balaban J connectivity index is 1.88. The predicted molar refractivity (Wildman–Crippen MR) is 140 cm³/mol. The number of aryl methyl sites for hydroxylation is 1. The molecule has 6 heteroatoms. The summed E-state index contributed by atoms with van der Waals surface area (Å²) in [5.74, 6) is 0.406. The lowest BCUT2D eigenvalue weighted by Crippen LogP contribution is -2.52. The average Bonchev–Trinajstić information content (AvgIpc) is 2.86. The molecule has 3 rings (SSSR count). The monoisotopic (exact) mass is 492 g/mol. The van der Waals surface area contributed by atoms with Crippen molar-refractivity contribution in [3.05, 3.63) is 101 Å². The summed E-state index contributed by atoms with van der Waals surface area (Å²) < 4.78 is 5.76. The van der Waals surface area contributed by atoms with Gasteiger partial charge in [-0.3, -0.25) is 9.59 Å². The molecule has 3 aromatic rings. The Morgan fingerprint density at radius 3 is 2.20 bits per heavy atom. The third kappa shape index (κ3) is 8.45. The van der Waals surface area contributed by atoms with E-state index >= 15 is 0 Å². The van der Waals surface area contributed by atoms with Crippen molar-refractivity contribution in [1.29, 1.82) is 0 Å². The summed E-state index contributed by atoms with van der Waals surface area (Å²) in [5, 5.41) is 3.62. The Morgan fingerprint density at radius 1 is 0.914 bits per heavy atom. The van der Waals surface area contributed by atoms with Gasteiger partial charge in [-0.25, -0.2) is 0 Å². The minimum atomic E-state index is -0.682. The molecule has 0 aliphatic rings. The van der Waals surface area contributed by atoms with Crippen molar-refractivity contribution in [3.63, 3.8) is 0 Å². The molecule has 2 amide bonds. The summed E-state index contributed by atoms with van der Waals surface area (Å²) in [6.07, 6.45) is 0.406. The Hall–Kier alpha value is -3.31. The first-order valence-electron chi connectivity index (χ1n) is 11.9. The van der Waals surface area contributed by atoms with Crippen LogP contribution in [0.2, 0.25) is 5.02 Å². The topological polar surface area (TPSA) is 58.6 Å². The van der Waals surface area contributed by atoms with Crippen molar-refractivity contribution in [2.24, 2.45) is 5.92 Å². The molecular formula is C29H33ClN2O3. The minimum absolute atomic E-state index is 0.172. The molecule has 0 radical (unpaired) electrons. The van der Waals surface area contributed by atoms with Gasteiger partial charge < -0.3 is 15.0 Å². The van der Waals surface area contributed by atoms with Gasteiger partial charge in [-0.05, 0) is 48.2 Å². The van der Waals surface area contributed by atoms with Crippen LogP contribution in [0.3, 0.4) is 0 Å². The minimum Gasteiger partial charge on any atom is -0.484 e. The number of halogens is 1. The second-order valence-electron chi connectivity index (χ2n) is 9.09. The third-order valence-electron chi connectivity index (χ3n) is 5.61. The molecule has 0 spiro atoms. The Bertz CT molecular complexity index is 1080. The van der Waals surface area contributed by atoms with Gasteiger partial charge in [0.2, 0.25) is 5.91 Å². The Morgan fingerprint density at radius 2 is 1.57 bits per heavy atom. The lowest BCUT2D eigenvalue weighted by atomic mass is 10.0. The van der Waals surface area contributed by atoms with Crippen LogP contribution in [0.15, 0.2) is 78.9 Å². The lowest BCUT2D eigenvalue weighted by molar-refractivity contribution is -0.142. The van der Waals surface area contributed by atoms with Crippen molar-refractivity contribution in [1.82, 2.24) is 10.2 Å². The molecule has 0 aliphatic carbocycles. The van der Waals surface area contributed by atoms with Crippen LogP contribution in [0, 0.1) is 12.8 Å². The van der Waals surface area contributed by atoms with Crippen LogP contribution < -0.4 is 10.1 Å². The van der Waals surface area contributed by atoms with Gasteiger partial charge in [0, 0.05) is 24.5 Å². The number of ether oxygens (including phenoxy) is 1. The molecule has 0 saturated carbocycles. The Labute approximate surface area is 213 Å². The summed E-state index contributed by atoms with van der Waals surface area (Å²) in [7, 11) is 0. The molecule has 0 unspecified atom stereocenters. The molecule has 0 saturated heterocycles. The van der Waals surface area contributed by atoms with Gasteiger partial charge in [0.25, 0.3) is 5.91 Å². The molecule has 0 bridgehead atoms. The summed E-state index contributed by atoms with van der Waals surface area (Å²) in [6.45, 7) is 6.76. The second kappa shape index (κ2) is 13.0. The molecule has 5 nitrogen and oxygen atoms in total. The van der Waals surface area contributed by atoms with Crippen LogP contribution in [0.4, 0.5) is 0 Å². The standard InChI is InChI=1S/C29H33ClN2O3/c1-21(2)18-31-29(34)27(17-23-7-5-4-6-8-23)32(19-24-11-9-22(3)10-12-24)28(33)20-35-26-15-13-25(30)14-16-26/h4-16,21,27H,17-20H2,1-3H3,(H,31,34)/t27-/m1/s1. The highest BCUT2D eigenvalue weighted by Gasteiger charge is 2.30. The fraction of sp³-hybridized carbons (Fsp3) is 0.310. The van der Waals surface area contributed by atoms with E-state index in [2.05, 4.69) is 5.32 Å². The van der Waals surface area contributed by atoms with E-state index in [4.69, 9.17) is 16.3 Å². The molecule has 3 aromatic carbocycles. The fourth-order valence-electron chi connectivity index (χ4n) is 3.63. The first-order chi connectivity index (χ1) is 16.8. The zero-order valence-electron chi connectivity index (χ0n) is 20.5. The molecule has 0 fully saturated rings. The molecule has 1 N–H and O–H groups in total. The maximum Gasteiger partial charge on any atom is 0.261 e. The van der Waals surface area contributed by atoms with Gasteiger partial charge in [-0.1, -0.05) is 85.6 Å². The first kappa shape index (κ1) is 26.3. The van der Waals surface area contributed by atoms with Crippen molar-refractivity contribution in [3.8, 4) is 5.75 Å². The summed E-state index contributed by atoms with van der Waals surface area (Å²) in [5.41, 5.74) is 3.07. The first-order valence-corrected chi connectivity index (χ1v) is 12.2. The number of nitrogens with one attached hydrogen (secondary N) is 1. The van der Waals surface area contributed by atoms with Gasteiger partial charge in [0.15, 0.2) is 6.61 Å². The van der Waals surface area contributed by atoms with E-state index in [0.717, 1.165) is 16.7 Å². The van der Waals surface area contributed by atoms with Crippen LogP contribution in [-0.2, 0) is 22.6 Å². The highest BCUT2D eigenvalue weighted by molar-refractivity contribution is 6.30. The number of nitrogens with zero attached hydrogens (tertiary/aromatic N) is 1. The second-order valence-corrected chi connectivity index (χ2v) is 9.53. The van der Waals surface area contributed by atoms with Crippen LogP contribution >= 0.6 is 11.6 Å². The Kier molecular flexibility index (Phi) is 9.74. The SMILES string of the molecule is Cc1ccc(CN(C(=O)COc2ccc(Cl)cc2)[C@H](Cc2ccccc2)C(=O)NCC(C)C)cc1. The zero-order chi connectivity index (χ0) is 25.2. The van der Waals surface area contributed by atoms with E-state index in [1.807, 2.05) is 75.4 Å². The van der Waals surface area contributed by atoms with E-state index < -0.39 is 6.04 Å². The summed E-state index contributed by atoms with van der Waals surface area (Å²) in [6, 6.07) is 23.9. The fourth-order valence-corrected chi connectivity index (χ4v) is 3.75. The quantitative estimate of drug-likeness (QED) is 0.387. The van der Waals surface area contributed by atoms with Gasteiger partial charge in [0.05, 0.1) is 0 Å². The van der Waals surface area contributed by atoms with Crippen molar-refractivity contribution in [2.75, 3.05) is 13.2 Å². The highest BCUT2D eigenvalue weighted by atomic mass is 35.5. The average molecular weight is 493 g/mol. The van der Waals surface area contributed by atoms with Crippen LogP contribution in [-0.4, -0.2) is 35.9 Å². The number of benzene rings is 3. The molecule has 0 aromatic heterocycles. The van der Waals surface area contributed by atoms with Crippen molar-refractivity contribution >= 4 is 23.4 Å². The van der Waals surface area contributed by atoms with E-state index in [1.165, 1.54) is 0 Å². The summed E-state index contributed by atoms with van der Waals surface area (Å²) in [4.78, 5) is 28.5. The molecule has 35 heavy (non-hydrogen) atoms. The number of amides is 2. The van der Waals surface area contributed by atoms with E-state index in [0.29, 0.717) is 36.2 Å². The summed E-state index contributed by atoms with van der Waals surface area (Å²) >= 11 is 5.96. The van der Waals surface area contributed by atoms with Crippen LogP contribution in [0.5, 0.6) is 5.75 Å². The molecule has 1 atom stereocenters. The maximum absolute atomic E-state index is 13.5. The predicted octanol–water partition coefficient (Wildman–Crippen LogP) is 5.44. The van der Waals surface area contributed by atoms with Gasteiger partial charge in [-0.15, -0.1) is 0 Å². The molecular weight excluding hydrogens is 460 g/mol. The van der Waals surface area contributed by atoms with Crippen molar-refractivity contribution in [2.45, 2.75) is 39.8 Å². The van der Waals surface area contributed by atoms with E-state index in [-0.39, 0.29) is 18.4 Å². The van der Waals surface area contributed by atoms with Gasteiger partial charge in [-0.2, -0.15) is 0 Å². The molecule has 0 heterocycles. The number of rotatable bonds is 11. The number of hydrogen-bond acceptors (Lipinski definition) is 3. The van der Waals surface area contributed by atoms with E-state index in [1.54, 1.807) is 29.2 Å². The number of hydrogen-bond donors (Lipinski definition) is 1. The van der Waals surface area contributed by atoms with Crippen LogP contribution in [0.1, 0.15) is 30.5 Å². The van der Waals surface area contributed by atoms with Crippen molar-refractivity contribution < 1.29 is 14.3 Å². The smallest absolute Gasteiger partial charge is 0.261 e. The number of carbonyl (C=O) groups excluding carboxylic acids is 2. The largest absolute Gasteiger partial charge is 0.484 e. The third-order valence-corrected chi connectivity index (χ3v) is 5.86. The lowest BCUT2D eigenvalue weighted by Gasteiger charge is -2.31. The van der Waals surface area contributed by atoms with Gasteiger partial charge >= 0.3 is 0 Å². The molecule has 184 valence electrons. The highest BCUT2D eigenvalue weighted by Crippen LogP contribution is 2.18. The van der Waals surface area contributed by atoms with E-state index in [9.17, 15) is 9.59 Å². The maximum atomic E-state index is 13.5. The number of carbonyl (C=O) groups is 2. The van der Waals surface area contributed by atoms with Gasteiger partial charge in [0.1, 0.15) is 11.8 Å². The molecule has 0 aliphatic heterocycles. The normalized spacial score (nSPS) is 11.7.